The van der Waals surface area contributed by atoms with Crippen molar-refractivity contribution in [3.05, 3.63) is 90.0 Å². The van der Waals surface area contributed by atoms with Crippen LogP contribution in [-0.2, 0) is 21.3 Å². The lowest BCUT2D eigenvalue weighted by Crippen LogP contribution is -2.23. The number of hydrogen-bond donors (Lipinski definition) is 1. The van der Waals surface area contributed by atoms with E-state index in [1.165, 1.54) is 31.4 Å². The fourth-order valence-electron chi connectivity index (χ4n) is 2.45. The van der Waals surface area contributed by atoms with E-state index in [1.807, 2.05) is 30.3 Å². The molecule has 0 bridgehead atoms. The van der Waals surface area contributed by atoms with E-state index >= 15 is 0 Å². The van der Waals surface area contributed by atoms with Crippen LogP contribution in [0.1, 0.15) is 15.9 Å². The normalized spacial score (nSPS) is 11.0. The number of rotatable bonds is 7. The number of para-hydroxylation sites is 1. The molecule has 144 valence electrons. The van der Waals surface area contributed by atoms with Gasteiger partial charge in [0.05, 0.1) is 17.6 Å². The SMILES string of the molecule is COC(=O)c1ccc(S(=O)(=O)NCc2ccc(Oc3ccccc3)cc2)cc1. The summed E-state index contributed by atoms with van der Waals surface area (Å²) in [5.74, 6) is 0.872. The van der Waals surface area contributed by atoms with Crippen LogP contribution in [0.4, 0.5) is 0 Å². The van der Waals surface area contributed by atoms with Gasteiger partial charge in [-0.1, -0.05) is 30.3 Å². The predicted molar refractivity (Wildman–Crippen MR) is 105 cm³/mol. The molecule has 3 aromatic carbocycles. The van der Waals surface area contributed by atoms with E-state index in [-0.39, 0.29) is 17.0 Å². The first-order valence-electron chi connectivity index (χ1n) is 8.48. The lowest BCUT2D eigenvalue weighted by atomic mass is 10.2. The van der Waals surface area contributed by atoms with E-state index in [4.69, 9.17) is 4.74 Å². The molecule has 0 unspecified atom stereocenters. The van der Waals surface area contributed by atoms with E-state index in [9.17, 15) is 13.2 Å². The number of nitrogens with one attached hydrogen (secondary N) is 1. The Bertz CT molecular complexity index is 1030. The molecule has 0 radical (unpaired) electrons. The zero-order valence-corrected chi connectivity index (χ0v) is 16.0. The molecule has 0 aromatic heterocycles. The highest BCUT2D eigenvalue weighted by Crippen LogP contribution is 2.21. The van der Waals surface area contributed by atoms with Crippen molar-refractivity contribution in [1.29, 1.82) is 0 Å². The van der Waals surface area contributed by atoms with Gasteiger partial charge in [0.2, 0.25) is 10.0 Å². The van der Waals surface area contributed by atoms with Crippen molar-refractivity contribution < 1.29 is 22.7 Å². The summed E-state index contributed by atoms with van der Waals surface area (Å²) in [6.07, 6.45) is 0. The number of sulfonamides is 1. The average molecular weight is 397 g/mol. The Morgan fingerprint density at radius 3 is 2.07 bits per heavy atom. The van der Waals surface area contributed by atoms with Gasteiger partial charge in [-0.15, -0.1) is 0 Å². The van der Waals surface area contributed by atoms with E-state index in [2.05, 4.69) is 9.46 Å². The van der Waals surface area contributed by atoms with Crippen LogP contribution in [0, 0.1) is 0 Å². The molecule has 3 aromatic rings. The lowest BCUT2D eigenvalue weighted by molar-refractivity contribution is 0.0600. The molecular weight excluding hydrogens is 378 g/mol. The second kappa shape index (κ2) is 8.69. The minimum absolute atomic E-state index is 0.0733. The number of methoxy groups -OCH3 is 1. The molecule has 0 amide bonds. The molecule has 0 aliphatic rings. The first-order valence-corrected chi connectivity index (χ1v) is 9.96. The third-order valence-corrected chi connectivity index (χ3v) is 5.37. The zero-order valence-electron chi connectivity index (χ0n) is 15.2. The summed E-state index contributed by atoms with van der Waals surface area (Å²) in [5.41, 5.74) is 1.07. The van der Waals surface area contributed by atoms with E-state index in [0.717, 1.165) is 11.3 Å². The van der Waals surface area contributed by atoms with Crippen molar-refractivity contribution in [3.63, 3.8) is 0 Å². The summed E-state index contributed by atoms with van der Waals surface area (Å²) in [4.78, 5) is 11.5. The first kappa shape index (κ1) is 19.6. The van der Waals surface area contributed by atoms with Gasteiger partial charge in [0, 0.05) is 6.54 Å². The Morgan fingerprint density at radius 1 is 0.857 bits per heavy atom. The molecule has 3 rings (SSSR count). The van der Waals surface area contributed by atoms with E-state index in [1.54, 1.807) is 24.3 Å². The first-order chi connectivity index (χ1) is 13.5. The summed E-state index contributed by atoms with van der Waals surface area (Å²) in [7, 11) is -2.43. The predicted octanol–water partition coefficient (Wildman–Crippen LogP) is 3.74. The van der Waals surface area contributed by atoms with E-state index < -0.39 is 16.0 Å². The number of carbonyl (C=O) groups excluding carboxylic acids is 1. The fourth-order valence-corrected chi connectivity index (χ4v) is 3.47. The van der Waals surface area contributed by atoms with Crippen LogP contribution >= 0.6 is 0 Å². The summed E-state index contributed by atoms with van der Waals surface area (Å²) in [6.45, 7) is 0.132. The lowest BCUT2D eigenvalue weighted by Gasteiger charge is -2.09. The van der Waals surface area contributed by atoms with Gasteiger partial charge < -0.3 is 9.47 Å². The molecule has 0 saturated heterocycles. The maximum absolute atomic E-state index is 12.4. The second-order valence-corrected chi connectivity index (χ2v) is 7.67. The molecule has 0 aliphatic carbocycles. The van der Waals surface area contributed by atoms with E-state index in [0.29, 0.717) is 5.75 Å². The molecular formula is C21H19NO5S. The van der Waals surface area contributed by atoms with Gasteiger partial charge in [-0.2, -0.15) is 0 Å². The van der Waals surface area contributed by atoms with Crippen LogP contribution < -0.4 is 9.46 Å². The smallest absolute Gasteiger partial charge is 0.337 e. The Labute approximate surface area is 163 Å². The van der Waals surface area contributed by atoms with Crippen molar-refractivity contribution in [3.8, 4) is 11.5 Å². The number of benzene rings is 3. The number of esters is 1. The van der Waals surface area contributed by atoms with Crippen molar-refractivity contribution in [2.24, 2.45) is 0 Å². The molecule has 0 atom stereocenters. The van der Waals surface area contributed by atoms with Gasteiger partial charge >= 0.3 is 5.97 Å². The molecule has 0 heterocycles. The molecule has 28 heavy (non-hydrogen) atoms. The van der Waals surface area contributed by atoms with Crippen LogP contribution in [-0.4, -0.2) is 21.5 Å². The minimum Gasteiger partial charge on any atom is -0.465 e. The van der Waals surface area contributed by atoms with Gasteiger partial charge in [-0.3, -0.25) is 0 Å². The maximum atomic E-state index is 12.4. The summed E-state index contributed by atoms with van der Waals surface area (Å²) in [6, 6.07) is 22.1. The zero-order chi connectivity index (χ0) is 20.0. The average Bonchev–Trinajstić information content (AvgIpc) is 2.73. The highest BCUT2D eigenvalue weighted by Gasteiger charge is 2.15. The van der Waals surface area contributed by atoms with Gasteiger partial charge in [0.15, 0.2) is 0 Å². The fraction of sp³-hybridized carbons (Fsp3) is 0.0952. The Balaban J connectivity index is 1.62. The molecule has 0 spiro atoms. The number of ether oxygens (including phenoxy) is 2. The largest absolute Gasteiger partial charge is 0.465 e. The summed E-state index contributed by atoms with van der Waals surface area (Å²) < 4.78 is 37.7. The van der Waals surface area contributed by atoms with Crippen LogP contribution in [0.5, 0.6) is 11.5 Å². The molecule has 0 fully saturated rings. The van der Waals surface area contributed by atoms with Crippen LogP contribution in [0.2, 0.25) is 0 Å². The van der Waals surface area contributed by atoms with Crippen LogP contribution in [0.3, 0.4) is 0 Å². The monoisotopic (exact) mass is 397 g/mol. The molecule has 1 N–H and O–H groups in total. The van der Waals surface area contributed by atoms with Crippen LogP contribution in [0.15, 0.2) is 83.8 Å². The summed E-state index contributed by atoms with van der Waals surface area (Å²) >= 11 is 0. The van der Waals surface area contributed by atoms with Crippen molar-refractivity contribution >= 4 is 16.0 Å². The Kier molecular flexibility index (Phi) is 6.08. The van der Waals surface area contributed by atoms with Crippen molar-refractivity contribution in [2.75, 3.05) is 7.11 Å². The highest BCUT2D eigenvalue weighted by molar-refractivity contribution is 7.89. The van der Waals surface area contributed by atoms with Gasteiger partial charge in [0.25, 0.3) is 0 Å². The third-order valence-electron chi connectivity index (χ3n) is 3.95. The van der Waals surface area contributed by atoms with Gasteiger partial charge in [-0.25, -0.2) is 17.9 Å². The van der Waals surface area contributed by atoms with Gasteiger partial charge in [0.1, 0.15) is 11.5 Å². The van der Waals surface area contributed by atoms with Gasteiger partial charge in [-0.05, 0) is 54.1 Å². The van der Waals surface area contributed by atoms with Crippen molar-refractivity contribution in [1.82, 2.24) is 4.72 Å². The second-order valence-electron chi connectivity index (χ2n) is 5.90. The quantitative estimate of drug-likeness (QED) is 0.614. The standard InChI is InChI=1S/C21H19NO5S/c1-26-21(23)17-9-13-20(14-10-17)28(24,25)22-15-16-7-11-19(12-8-16)27-18-5-3-2-4-6-18/h2-14,22H,15H2,1H3. The highest BCUT2D eigenvalue weighted by atomic mass is 32.2. The topological polar surface area (TPSA) is 81.7 Å². The molecule has 0 saturated carbocycles. The Hall–Kier alpha value is -3.16. The van der Waals surface area contributed by atoms with Crippen LogP contribution in [0.25, 0.3) is 0 Å². The maximum Gasteiger partial charge on any atom is 0.337 e. The number of hydrogen-bond acceptors (Lipinski definition) is 5. The molecule has 0 aliphatic heterocycles. The Morgan fingerprint density at radius 2 is 1.46 bits per heavy atom. The third kappa shape index (κ3) is 4.97. The minimum atomic E-state index is -3.70. The number of carbonyl (C=O) groups is 1. The summed E-state index contributed by atoms with van der Waals surface area (Å²) in [5, 5.41) is 0. The molecule has 6 nitrogen and oxygen atoms in total. The molecule has 7 heteroatoms. The van der Waals surface area contributed by atoms with Crippen molar-refractivity contribution in [2.45, 2.75) is 11.4 Å².